The molecule has 0 bridgehead atoms. The van der Waals surface area contributed by atoms with E-state index in [1.165, 1.54) is 0 Å². The zero-order chi connectivity index (χ0) is 22.9. The van der Waals surface area contributed by atoms with E-state index in [4.69, 9.17) is 4.74 Å². The molecule has 166 valence electrons. The van der Waals surface area contributed by atoms with Crippen LogP contribution in [-0.4, -0.2) is 23.9 Å². The van der Waals surface area contributed by atoms with E-state index in [0.29, 0.717) is 12.5 Å². The molecule has 0 radical (unpaired) electrons. The molecule has 0 atom stereocenters. The van der Waals surface area contributed by atoms with Crippen molar-refractivity contribution < 1.29 is 4.74 Å². The molecule has 0 aliphatic rings. The molecule has 0 spiro atoms. The second-order valence-electron chi connectivity index (χ2n) is 8.08. The van der Waals surface area contributed by atoms with Gasteiger partial charge in [0, 0.05) is 50.2 Å². The number of nitrogens with zero attached hydrogens (tertiary/aromatic N) is 5. The summed E-state index contributed by atoms with van der Waals surface area (Å²) in [6.45, 7) is 3.41. The summed E-state index contributed by atoms with van der Waals surface area (Å²) in [5.74, 6) is 0.537. The Kier molecular flexibility index (Phi) is 5.30. The lowest BCUT2D eigenvalue weighted by molar-refractivity contribution is 0.292. The van der Waals surface area contributed by atoms with Crippen LogP contribution in [0.5, 0.6) is 5.88 Å². The highest BCUT2D eigenvalue weighted by Gasteiger charge is 2.13. The monoisotopic (exact) mass is 439 g/mol. The maximum Gasteiger partial charge on any atom is 0.250 e. The number of imidazole rings is 1. The van der Waals surface area contributed by atoms with E-state index in [-0.39, 0.29) is 5.56 Å². The van der Waals surface area contributed by atoms with Gasteiger partial charge in [-0.25, -0.2) is 4.98 Å². The van der Waals surface area contributed by atoms with Gasteiger partial charge in [-0.1, -0.05) is 36.4 Å². The van der Waals surface area contributed by atoms with Crippen LogP contribution in [0.15, 0.2) is 78.1 Å². The van der Waals surface area contributed by atoms with Crippen LogP contribution >= 0.6 is 0 Å². The molecule has 0 fully saturated rings. The molecule has 0 aliphatic carbocycles. The molecule has 7 nitrogen and oxygen atoms in total. The first-order valence-electron chi connectivity index (χ1n) is 10.9. The van der Waals surface area contributed by atoms with Crippen molar-refractivity contribution in [2.24, 2.45) is 14.1 Å². The molecule has 2 aromatic carbocycles. The summed E-state index contributed by atoms with van der Waals surface area (Å²) in [4.78, 5) is 16.4. The van der Waals surface area contributed by atoms with E-state index in [0.717, 1.165) is 45.4 Å². The van der Waals surface area contributed by atoms with E-state index in [1.54, 1.807) is 34.6 Å². The van der Waals surface area contributed by atoms with E-state index in [1.807, 2.05) is 19.6 Å². The number of benzene rings is 2. The fourth-order valence-electron chi connectivity index (χ4n) is 4.03. The summed E-state index contributed by atoms with van der Waals surface area (Å²) in [6.07, 6.45) is 5.58. The third-order valence-electron chi connectivity index (χ3n) is 5.82. The van der Waals surface area contributed by atoms with Gasteiger partial charge in [-0.3, -0.25) is 9.48 Å². The Balaban J connectivity index is 1.37. The van der Waals surface area contributed by atoms with Crippen LogP contribution in [0.25, 0.3) is 33.3 Å². The van der Waals surface area contributed by atoms with Gasteiger partial charge >= 0.3 is 0 Å². The number of para-hydroxylation sites is 1. The second kappa shape index (κ2) is 8.43. The van der Waals surface area contributed by atoms with Crippen molar-refractivity contribution in [3.8, 4) is 28.1 Å². The van der Waals surface area contributed by atoms with Crippen LogP contribution in [0.4, 0.5) is 0 Å². The van der Waals surface area contributed by atoms with Gasteiger partial charge in [0.2, 0.25) is 11.4 Å². The van der Waals surface area contributed by atoms with E-state index >= 15 is 0 Å². The standard InChI is InChI=1S/C26H25N5O2/c1-4-31-17-27-25-21(6-5-7-23(25)31)19-10-8-18(9-11-19)16-33-26-22(15-30(3)28-26)20-12-13-24(32)29(2)14-20/h5-15,17H,4,16H2,1-3H3. The zero-order valence-electron chi connectivity index (χ0n) is 18.9. The average molecular weight is 440 g/mol. The maximum absolute atomic E-state index is 11.7. The van der Waals surface area contributed by atoms with Crippen LogP contribution < -0.4 is 10.3 Å². The average Bonchev–Trinajstić information content (AvgIpc) is 3.42. The lowest BCUT2D eigenvalue weighted by Gasteiger charge is -2.08. The van der Waals surface area contributed by atoms with Crippen LogP contribution in [0, 0.1) is 0 Å². The summed E-state index contributed by atoms with van der Waals surface area (Å²) in [5, 5.41) is 4.46. The summed E-state index contributed by atoms with van der Waals surface area (Å²) >= 11 is 0. The topological polar surface area (TPSA) is 66.9 Å². The second-order valence-corrected chi connectivity index (χ2v) is 8.08. The van der Waals surface area contributed by atoms with E-state index in [2.05, 4.69) is 64.0 Å². The predicted molar refractivity (Wildman–Crippen MR) is 129 cm³/mol. The summed E-state index contributed by atoms with van der Waals surface area (Å²) in [7, 11) is 3.59. The first-order valence-corrected chi connectivity index (χ1v) is 10.9. The van der Waals surface area contributed by atoms with Gasteiger partial charge in [-0.2, -0.15) is 0 Å². The molecular formula is C26H25N5O2. The molecule has 0 saturated carbocycles. The Morgan fingerprint density at radius 1 is 0.909 bits per heavy atom. The molecule has 33 heavy (non-hydrogen) atoms. The van der Waals surface area contributed by atoms with Crippen LogP contribution in [0.3, 0.4) is 0 Å². The largest absolute Gasteiger partial charge is 0.471 e. The van der Waals surface area contributed by atoms with Crippen molar-refractivity contribution in [1.29, 1.82) is 0 Å². The lowest BCUT2D eigenvalue weighted by atomic mass is 10.0. The molecule has 0 aliphatic heterocycles. The number of ether oxygens (including phenoxy) is 1. The van der Waals surface area contributed by atoms with Crippen molar-refractivity contribution in [1.82, 2.24) is 23.9 Å². The molecule has 7 heteroatoms. The first-order chi connectivity index (χ1) is 16.0. The van der Waals surface area contributed by atoms with E-state index in [9.17, 15) is 4.79 Å². The molecule has 0 N–H and O–H groups in total. The molecule has 5 aromatic rings. The van der Waals surface area contributed by atoms with Gasteiger partial charge in [-0.15, -0.1) is 5.10 Å². The number of hydrogen-bond donors (Lipinski definition) is 0. The highest BCUT2D eigenvalue weighted by atomic mass is 16.5. The van der Waals surface area contributed by atoms with Gasteiger partial charge in [0.25, 0.3) is 0 Å². The van der Waals surface area contributed by atoms with Gasteiger partial charge in [0.1, 0.15) is 6.61 Å². The minimum atomic E-state index is -0.0534. The van der Waals surface area contributed by atoms with Crippen molar-refractivity contribution >= 4 is 11.0 Å². The molecular weight excluding hydrogens is 414 g/mol. The number of aromatic nitrogens is 5. The fraction of sp³-hybridized carbons (Fsp3) is 0.192. The third-order valence-corrected chi connectivity index (χ3v) is 5.82. The molecule has 0 amide bonds. The zero-order valence-corrected chi connectivity index (χ0v) is 18.9. The number of hydrogen-bond acceptors (Lipinski definition) is 4. The van der Waals surface area contributed by atoms with Gasteiger partial charge in [0.15, 0.2) is 0 Å². The van der Waals surface area contributed by atoms with Crippen molar-refractivity contribution in [3.63, 3.8) is 0 Å². The Hall–Kier alpha value is -4.13. The van der Waals surface area contributed by atoms with E-state index < -0.39 is 0 Å². The fourth-order valence-corrected chi connectivity index (χ4v) is 4.03. The van der Waals surface area contributed by atoms with Crippen LogP contribution in [0.2, 0.25) is 0 Å². The van der Waals surface area contributed by atoms with Gasteiger partial charge < -0.3 is 13.9 Å². The first kappa shape index (κ1) is 20.8. The van der Waals surface area contributed by atoms with Crippen LogP contribution in [0.1, 0.15) is 12.5 Å². The number of aryl methyl sites for hydroxylation is 3. The van der Waals surface area contributed by atoms with Crippen molar-refractivity contribution in [2.45, 2.75) is 20.1 Å². The Morgan fingerprint density at radius 2 is 1.70 bits per heavy atom. The minimum absolute atomic E-state index is 0.0534. The van der Waals surface area contributed by atoms with Gasteiger partial charge in [-0.05, 0) is 30.2 Å². The quantitative estimate of drug-likeness (QED) is 0.393. The molecule has 3 heterocycles. The van der Waals surface area contributed by atoms with Crippen molar-refractivity contribution in [2.75, 3.05) is 0 Å². The summed E-state index contributed by atoms with van der Waals surface area (Å²) in [5.41, 5.74) is 7.12. The summed E-state index contributed by atoms with van der Waals surface area (Å²) < 4.78 is 11.5. The molecule has 0 saturated heterocycles. The Morgan fingerprint density at radius 3 is 2.45 bits per heavy atom. The van der Waals surface area contributed by atoms with Crippen molar-refractivity contribution in [3.05, 3.63) is 89.2 Å². The molecule has 3 aromatic heterocycles. The highest BCUT2D eigenvalue weighted by molar-refractivity contribution is 5.92. The number of rotatable bonds is 6. The Bertz CT molecular complexity index is 1490. The van der Waals surface area contributed by atoms with Gasteiger partial charge in [0.05, 0.1) is 22.9 Å². The lowest BCUT2D eigenvalue weighted by Crippen LogP contribution is -2.13. The normalized spacial score (nSPS) is 11.2. The smallest absolute Gasteiger partial charge is 0.250 e. The number of pyridine rings is 1. The van der Waals surface area contributed by atoms with Crippen LogP contribution in [-0.2, 0) is 27.2 Å². The third kappa shape index (κ3) is 3.93. The molecule has 0 unspecified atom stereocenters. The highest BCUT2D eigenvalue weighted by Crippen LogP contribution is 2.30. The minimum Gasteiger partial charge on any atom is -0.471 e. The molecule has 5 rings (SSSR count). The number of fused-ring (bicyclic) bond motifs is 1. The Labute approximate surface area is 191 Å². The SMILES string of the molecule is CCn1cnc2c(-c3ccc(COc4nn(C)cc4-c4ccc(=O)n(C)c4)cc3)cccc21. The predicted octanol–water partition coefficient (Wildman–Crippen LogP) is 4.40. The maximum atomic E-state index is 11.7. The summed E-state index contributed by atoms with van der Waals surface area (Å²) in [6, 6.07) is 18.0.